The van der Waals surface area contributed by atoms with Crippen LogP contribution in [0.25, 0.3) is 11.0 Å². The van der Waals surface area contributed by atoms with Crippen molar-refractivity contribution in [1.82, 2.24) is 0 Å². The molecule has 1 unspecified atom stereocenters. The maximum atomic E-state index is 12.8. The monoisotopic (exact) mass is 390 g/mol. The fourth-order valence-corrected chi connectivity index (χ4v) is 3.53. The van der Waals surface area contributed by atoms with Crippen LogP contribution in [0.2, 0.25) is 0 Å². The van der Waals surface area contributed by atoms with Gasteiger partial charge < -0.3 is 19.0 Å². The number of fused-ring (bicyclic) bond motifs is 1. The molecule has 1 N–H and O–H groups in total. The van der Waals surface area contributed by atoms with Crippen LogP contribution in [0, 0.1) is 0 Å². The van der Waals surface area contributed by atoms with E-state index in [4.69, 9.17) is 19.0 Å². The molecule has 0 radical (unpaired) electrons. The minimum Gasteiger partial charge on any atom is -0.496 e. The Morgan fingerprint density at radius 1 is 1.14 bits per heavy atom. The van der Waals surface area contributed by atoms with Gasteiger partial charge in [-0.3, -0.25) is 4.79 Å². The van der Waals surface area contributed by atoms with Crippen LogP contribution in [-0.4, -0.2) is 31.1 Å². The van der Waals surface area contributed by atoms with E-state index in [9.17, 15) is 14.4 Å². The predicted octanol–water partition coefficient (Wildman–Crippen LogP) is 3.69. The third-order valence-corrected chi connectivity index (χ3v) is 5.24. The van der Waals surface area contributed by atoms with Crippen molar-refractivity contribution in [2.24, 2.45) is 0 Å². The van der Waals surface area contributed by atoms with Gasteiger partial charge in [0, 0.05) is 29.5 Å². The van der Waals surface area contributed by atoms with Crippen LogP contribution >= 0.6 is 0 Å². The normalized spacial score (nSPS) is 13.1. The first-order chi connectivity index (χ1) is 13.3. The molecule has 1 aromatic heterocycles. The van der Waals surface area contributed by atoms with Crippen LogP contribution < -0.4 is 15.1 Å². The van der Waals surface area contributed by atoms with E-state index in [0.29, 0.717) is 40.9 Å². The van der Waals surface area contributed by atoms with Crippen LogP contribution in [0.15, 0.2) is 27.4 Å². The molecule has 1 atom stereocenters. The van der Waals surface area contributed by atoms with Gasteiger partial charge in [0.15, 0.2) is 0 Å². The zero-order chi connectivity index (χ0) is 20.9. The summed E-state index contributed by atoms with van der Waals surface area (Å²) in [5, 5.41) is 9.67. The number of methoxy groups -OCH3 is 2. The number of ketones is 1. The molecule has 1 aromatic carbocycles. The standard InChI is InChI=1S/C21H26O7/c1-5-7-8-21(6-2,12-16(22)19(23)24)15-11-14-17(27-4)9-13(26-3)10-18(14)28-20(15)25/h9-11H,5-8,12H2,1-4H3,(H,23,24). The second-order valence-electron chi connectivity index (χ2n) is 6.83. The van der Waals surface area contributed by atoms with Crippen molar-refractivity contribution in [3.05, 3.63) is 34.2 Å². The molecule has 28 heavy (non-hydrogen) atoms. The maximum absolute atomic E-state index is 12.8. The summed E-state index contributed by atoms with van der Waals surface area (Å²) in [7, 11) is 2.99. The summed E-state index contributed by atoms with van der Waals surface area (Å²) in [6.45, 7) is 3.84. The molecule has 2 aromatic rings. The molecule has 0 saturated heterocycles. The van der Waals surface area contributed by atoms with Crippen LogP contribution in [0.4, 0.5) is 0 Å². The zero-order valence-electron chi connectivity index (χ0n) is 16.7. The van der Waals surface area contributed by atoms with Gasteiger partial charge in [0.1, 0.15) is 17.1 Å². The fourth-order valence-electron chi connectivity index (χ4n) is 3.53. The average Bonchev–Trinajstić information content (AvgIpc) is 2.69. The smallest absolute Gasteiger partial charge is 0.372 e. The first kappa shape index (κ1) is 21.5. The molecule has 7 heteroatoms. The number of aliphatic carboxylic acids is 1. The highest BCUT2D eigenvalue weighted by atomic mass is 16.5. The number of hydrogen-bond acceptors (Lipinski definition) is 6. The molecule has 0 aliphatic heterocycles. The van der Waals surface area contributed by atoms with Crippen molar-refractivity contribution in [2.75, 3.05) is 14.2 Å². The molecule has 7 nitrogen and oxygen atoms in total. The number of rotatable bonds is 10. The van der Waals surface area contributed by atoms with Gasteiger partial charge in [0.2, 0.25) is 5.78 Å². The van der Waals surface area contributed by atoms with E-state index >= 15 is 0 Å². The van der Waals surface area contributed by atoms with Gasteiger partial charge >= 0.3 is 11.6 Å². The molecular formula is C21H26O7. The third-order valence-electron chi connectivity index (χ3n) is 5.24. The number of hydrogen-bond donors (Lipinski definition) is 1. The minimum absolute atomic E-state index is 0.256. The van der Waals surface area contributed by atoms with Crippen molar-refractivity contribution in [3.8, 4) is 11.5 Å². The number of unbranched alkanes of at least 4 members (excludes halogenated alkanes) is 1. The molecule has 0 spiro atoms. The van der Waals surface area contributed by atoms with Gasteiger partial charge in [0.25, 0.3) is 0 Å². The Bertz CT molecular complexity index is 928. The molecule has 0 aliphatic rings. The molecule has 152 valence electrons. The van der Waals surface area contributed by atoms with E-state index in [1.807, 2.05) is 13.8 Å². The molecule has 0 aliphatic carbocycles. The molecule has 0 bridgehead atoms. The van der Waals surface area contributed by atoms with Gasteiger partial charge in [-0.2, -0.15) is 0 Å². The Morgan fingerprint density at radius 3 is 2.39 bits per heavy atom. The van der Waals surface area contributed by atoms with E-state index in [2.05, 4.69) is 0 Å². The van der Waals surface area contributed by atoms with Crippen LogP contribution in [-0.2, 0) is 15.0 Å². The topological polar surface area (TPSA) is 103 Å². The zero-order valence-corrected chi connectivity index (χ0v) is 16.7. The number of carboxylic acids is 1. The molecule has 0 amide bonds. The average molecular weight is 390 g/mol. The van der Waals surface area contributed by atoms with E-state index in [0.717, 1.165) is 12.8 Å². The Balaban J connectivity index is 2.73. The lowest BCUT2D eigenvalue weighted by Gasteiger charge is -2.31. The summed E-state index contributed by atoms with van der Waals surface area (Å²) in [5.41, 5.74) is -0.895. The summed E-state index contributed by atoms with van der Waals surface area (Å²) in [6.07, 6.45) is 2.28. The molecule has 2 rings (SSSR count). The highest BCUT2D eigenvalue weighted by Crippen LogP contribution is 2.39. The minimum atomic E-state index is -1.50. The molecule has 1 heterocycles. The number of carboxylic acid groups (broad SMARTS) is 1. The lowest BCUT2D eigenvalue weighted by atomic mass is 9.71. The van der Waals surface area contributed by atoms with Crippen molar-refractivity contribution < 1.29 is 28.6 Å². The summed E-state index contributed by atoms with van der Waals surface area (Å²) in [6, 6.07) is 4.92. The number of Topliss-reactive ketones (excluding diaryl/α,β-unsaturated/α-hetero) is 1. The number of ether oxygens (including phenoxy) is 2. The predicted molar refractivity (Wildman–Crippen MR) is 104 cm³/mol. The highest BCUT2D eigenvalue weighted by Gasteiger charge is 2.37. The van der Waals surface area contributed by atoms with Crippen molar-refractivity contribution in [3.63, 3.8) is 0 Å². The SMILES string of the molecule is CCCCC(CC)(CC(=O)C(=O)O)c1cc2c(OC)cc(OC)cc2oc1=O. The van der Waals surface area contributed by atoms with Crippen LogP contribution in [0.1, 0.15) is 51.5 Å². The molecule has 0 fully saturated rings. The number of carbonyl (C=O) groups is 2. The summed E-state index contributed by atoms with van der Waals surface area (Å²) < 4.78 is 16.1. The van der Waals surface area contributed by atoms with Crippen molar-refractivity contribution in [1.29, 1.82) is 0 Å². The third kappa shape index (κ3) is 4.18. The lowest BCUT2D eigenvalue weighted by Crippen LogP contribution is -2.35. The lowest BCUT2D eigenvalue weighted by molar-refractivity contribution is -0.149. The molecule has 0 saturated carbocycles. The maximum Gasteiger partial charge on any atom is 0.372 e. The van der Waals surface area contributed by atoms with Gasteiger partial charge in [-0.25, -0.2) is 9.59 Å². The fraction of sp³-hybridized carbons (Fsp3) is 0.476. The largest absolute Gasteiger partial charge is 0.496 e. The van der Waals surface area contributed by atoms with Gasteiger partial charge in [-0.05, 0) is 18.9 Å². The Morgan fingerprint density at radius 2 is 1.86 bits per heavy atom. The number of benzene rings is 1. The van der Waals surface area contributed by atoms with E-state index in [1.54, 1.807) is 18.2 Å². The molecular weight excluding hydrogens is 364 g/mol. The van der Waals surface area contributed by atoms with Gasteiger partial charge in [-0.15, -0.1) is 0 Å². The van der Waals surface area contributed by atoms with E-state index in [-0.39, 0.29) is 6.42 Å². The Hall–Kier alpha value is -2.83. The van der Waals surface area contributed by atoms with E-state index in [1.165, 1.54) is 14.2 Å². The second-order valence-corrected chi connectivity index (χ2v) is 6.83. The van der Waals surface area contributed by atoms with Crippen molar-refractivity contribution >= 4 is 22.7 Å². The first-order valence-electron chi connectivity index (χ1n) is 9.28. The van der Waals surface area contributed by atoms with Crippen LogP contribution in [0.3, 0.4) is 0 Å². The van der Waals surface area contributed by atoms with E-state index < -0.39 is 22.8 Å². The summed E-state index contributed by atoms with van der Waals surface area (Å²) >= 11 is 0. The first-order valence-corrected chi connectivity index (χ1v) is 9.28. The van der Waals surface area contributed by atoms with Gasteiger partial charge in [0.05, 0.1) is 19.6 Å². The summed E-state index contributed by atoms with van der Waals surface area (Å²) in [4.78, 5) is 36.1. The summed E-state index contributed by atoms with van der Waals surface area (Å²) in [5.74, 6) is -1.47. The van der Waals surface area contributed by atoms with Crippen LogP contribution in [0.5, 0.6) is 11.5 Å². The van der Waals surface area contributed by atoms with Gasteiger partial charge in [-0.1, -0.05) is 26.7 Å². The highest BCUT2D eigenvalue weighted by molar-refractivity contribution is 6.32. The Kier molecular flexibility index (Phi) is 6.83. The van der Waals surface area contributed by atoms with Crippen molar-refractivity contribution in [2.45, 2.75) is 51.4 Å². The quantitative estimate of drug-likeness (QED) is 0.487. The Labute approximate surface area is 163 Å². The number of carbonyl (C=O) groups excluding carboxylic acids is 1. The second kappa shape index (κ2) is 8.91.